The maximum Gasteiger partial charge on any atom is 0.272 e. The van der Waals surface area contributed by atoms with Crippen molar-refractivity contribution in [1.82, 2.24) is 9.88 Å². The summed E-state index contributed by atoms with van der Waals surface area (Å²) in [7, 11) is 0. The summed E-state index contributed by atoms with van der Waals surface area (Å²) in [6.45, 7) is 3.55. The van der Waals surface area contributed by atoms with E-state index in [4.69, 9.17) is 17.3 Å². The Morgan fingerprint density at radius 2 is 2.17 bits per heavy atom. The maximum atomic E-state index is 12.2. The van der Waals surface area contributed by atoms with Gasteiger partial charge in [0.25, 0.3) is 5.91 Å². The monoisotopic (exact) mass is 267 g/mol. The van der Waals surface area contributed by atoms with Crippen LogP contribution in [0.2, 0.25) is 5.02 Å². The van der Waals surface area contributed by atoms with Crippen molar-refractivity contribution in [2.75, 3.05) is 13.1 Å². The van der Waals surface area contributed by atoms with E-state index in [0.29, 0.717) is 16.6 Å². The van der Waals surface area contributed by atoms with Crippen molar-refractivity contribution in [1.29, 1.82) is 0 Å². The van der Waals surface area contributed by atoms with Crippen molar-refractivity contribution in [3.05, 3.63) is 29.0 Å². The zero-order valence-corrected chi connectivity index (χ0v) is 11.2. The van der Waals surface area contributed by atoms with Crippen molar-refractivity contribution in [3.63, 3.8) is 0 Å². The minimum Gasteiger partial charge on any atom is -0.337 e. The zero-order valence-electron chi connectivity index (χ0n) is 10.5. The molecular weight excluding hydrogens is 250 g/mol. The van der Waals surface area contributed by atoms with Crippen molar-refractivity contribution >= 4 is 17.5 Å². The third-order valence-corrected chi connectivity index (χ3v) is 3.74. The first-order valence-corrected chi connectivity index (χ1v) is 6.62. The first-order valence-electron chi connectivity index (χ1n) is 6.24. The number of nitrogens with zero attached hydrogens (tertiary/aromatic N) is 2. The molecule has 1 fully saturated rings. The van der Waals surface area contributed by atoms with Gasteiger partial charge < -0.3 is 10.6 Å². The number of amides is 1. The van der Waals surface area contributed by atoms with Crippen LogP contribution in [0, 0.1) is 5.92 Å². The Bertz CT molecular complexity index is 411. The van der Waals surface area contributed by atoms with Gasteiger partial charge in [-0.1, -0.05) is 11.6 Å². The third-order valence-electron chi connectivity index (χ3n) is 3.52. The van der Waals surface area contributed by atoms with Gasteiger partial charge in [-0.05, 0) is 37.8 Å². The maximum absolute atomic E-state index is 12.2. The zero-order chi connectivity index (χ0) is 13.1. The second-order valence-corrected chi connectivity index (χ2v) is 5.29. The first kappa shape index (κ1) is 13.3. The summed E-state index contributed by atoms with van der Waals surface area (Å²) in [5.41, 5.74) is 6.34. The molecule has 1 aromatic heterocycles. The highest BCUT2D eigenvalue weighted by Gasteiger charge is 2.25. The lowest BCUT2D eigenvalue weighted by Crippen LogP contribution is -2.42. The minimum atomic E-state index is -0.0187. The highest BCUT2D eigenvalue weighted by molar-refractivity contribution is 6.30. The number of aromatic nitrogens is 1. The van der Waals surface area contributed by atoms with Crippen LogP contribution in [0.25, 0.3) is 0 Å². The molecule has 1 saturated heterocycles. The number of pyridine rings is 1. The number of nitrogens with two attached hydrogens (primary N) is 1. The number of piperidine rings is 1. The van der Waals surface area contributed by atoms with Crippen LogP contribution < -0.4 is 5.73 Å². The fourth-order valence-electron chi connectivity index (χ4n) is 2.29. The molecule has 1 unspecified atom stereocenters. The molecule has 0 radical (unpaired) electrons. The molecule has 1 amide bonds. The lowest BCUT2D eigenvalue weighted by molar-refractivity contribution is 0.0675. The highest BCUT2D eigenvalue weighted by Crippen LogP contribution is 2.20. The Labute approximate surface area is 112 Å². The molecule has 98 valence electrons. The molecule has 5 heteroatoms. The Morgan fingerprint density at radius 1 is 1.50 bits per heavy atom. The van der Waals surface area contributed by atoms with Crippen LogP contribution in [0.3, 0.4) is 0 Å². The number of rotatable bonds is 2. The standard InChI is InChI=1S/C13H18ClN3O/c1-9(15)10-4-6-17(7-5-10)13(18)12-3-2-11(14)8-16-12/h2-3,8-10H,4-7,15H2,1H3. The van der Waals surface area contributed by atoms with Gasteiger partial charge in [-0.15, -0.1) is 0 Å². The normalized spacial score (nSPS) is 18.7. The summed E-state index contributed by atoms with van der Waals surface area (Å²) in [5, 5.41) is 0.544. The van der Waals surface area contributed by atoms with Crippen molar-refractivity contribution < 1.29 is 4.79 Å². The average molecular weight is 268 g/mol. The van der Waals surface area contributed by atoms with E-state index in [2.05, 4.69) is 4.98 Å². The summed E-state index contributed by atoms with van der Waals surface area (Å²) in [4.78, 5) is 18.1. The van der Waals surface area contributed by atoms with Gasteiger partial charge in [0.2, 0.25) is 0 Å². The van der Waals surface area contributed by atoms with Crippen LogP contribution in [0.1, 0.15) is 30.3 Å². The van der Waals surface area contributed by atoms with Crippen LogP contribution in [-0.4, -0.2) is 34.9 Å². The van der Waals surface area contributed by atoms with Gasteiger partial charge in [-0.3, -0.25) is 4.79 Å². The molecule has 0 bridgehead atoms. The Balaban J connectivity index is 1.97. The predicted molar refractivity (Wildman–Crippen MR) is 71.5 cm³/mol. The van der Waals surface area contributed by atoms with Gasteiger partial charge >= 0.3 is 0 Å². The molecule has 1 aliphatic heterocycles. The van der Waals surface area contributed by atoms with E-state index in [1.54, 1.807) is 12.1 Å². The Morgan fingerprint density at radius 3 is 2.67 bits per heavy atom. The van der Waals surface area contributed by atoms with Crippen LogP contribution in [-0.2, 0) is 0 Å². The molecular formula is C13H18ClN3O. The summed E-state index contributed by atoms with van der Waals surface area (Å²) in [6.07, 6.45) is 3.44. The van der Waals surface area contributed by atoms with Crippen LogP contribution >= 0.6 is 11.6 Å². The SMILES string of the molecule is CC(N)C1CCN(C(=O)c2ccc(Cl)cn2)CC1. The first-order chi connectivity index (χ1) is 8.58. The van der Waals surface area contributed by atoms with E-state index in [9.17, 15) is 4.79 Å². The van der Waals surface area contributed by atoms with Gasteiger partial charge in [0.05, 0.1) is 5.02 Å². The third kappa shape index (κ3) is 3.00. The average Bonchev–Trinajstić information content (AvgIpc) is 2.39. The van der Waals surface area contributed by atoms with Crippen LogP contribution in [0.15, 0.2) is 18.3 Å². The van der Waals surface area contributed by atoms with E-state index in [1.165, 1.54) is 6.20 Å². The molecule has 0 saturated carbocycles. The topological polar surface area (TPSA) is 59.2 Å². The molecule has 18 heavy (non-hydrogen) atoms. The number of likely N-dealkylation sites (tertiary alicyclic amines) is 1. The lowest BCUT2D eigenvalue weighted by Gasteiger charge is -2.33. The predicted octanol–water partition coefficient (Wildman–Crippen LogP) is 1.93. The van der Waals surface area contributed by atoms with Gasteiger partial charge in [-0.2, -0.15) is 0 Å². The molecule has 0 aromatic carbocycles. The molecule has 2 N–H and O–H groups in total. The van der Waals surface area contributed by atoms with Gasteiger partial charge in [0, 0.05) is 25.3 Å². The second-order valence-electron chi connectivity index (χ2n) is 4.85. The van der Waals surface area contributed by atoms with E-state index >= 15 is 0 Å². The summed E-state index contributed by atoms with van der Waals surface area (Å²) in [5.74, 6) is 0.502. The van der Waals surface area contributed by atoms with Crippen LogP contribution in [0.5, 0.6) is 0 Å². The molecule has 2 rings (SSSR count). The van der Waals surface area contributed by atoms with Gasteiger partial charge in [0.1, 0.15) is 5.69 Å². The molecule has 1 aromatic rings. The van der Waals surface area contributed by atoms with E-state index in [-0.39, 0.29) is 11.9 Å². The van der Waals surface area contributed by atoms with Crippen molar-refractivity contribution in [2.45, 2.75) is 25.8 Å². The largest absolute Gasteiger partial charge is 0.337 e. The lowest BCUT2D eigenvalue weighted by atomic mass is 9.91. The molecule has 1 aliphatic rings. The molecule has 1 atom stereocenters. The van der Waals surface area contributed by atoms with Crippen molar-refractivity contribution in [2.24, 2.45) is 11.7 Å². The molecule has 0 aliphatic carbocycles. The van der Waals surface area contributed by atoms with E-state index < -0.39 is 0 Å². The summed E-state index contributed by atoms with van der Waals surface area (Å²) in [6, 6.07) is 3.56. The Kier molecular flexibility index (Phi) is 4.19. The summed E-state index contributed by atoms with van der Waals surface area (Å²) < 4.78 is 0. The highest BCUT2D eigenvalue weighted by atomic mass is 35.5. The van der Waals surface area contributed by atoms with E-state index in [0.717, 1.165) is 25.9 Å². The Hall–Kier alpha value is -1.13. The minimum absolute atomic E-state index is 0.0187. The summed E-state index contributed by atoms with van der Waals surface area (Å²) >= 11 is 5.75. The number of halogens is 1. The smallest absolute Gasteiger partial charge is 0.272 e. The fourth-order valence-corrected chi connectivity index (χ4v) is 2.40. The quantitative estimate of drug-likeness (QED) is 0.891. The number of carbonyl (C=O) groups is 1. The number of hydrogen-bond donors (Lipinski definition) is 1. The molecule has 0 spiro atoms. The van der Waals surface area contributed by atoms with Gasteiger partial charge in [-0.25, -0.2) is 4.98 Å². The van der Waals surface area contributed by atoms with Gasteiger partial charge in [0.15, 0.2) is 0 Å². The molecule has 2 heterocycles. The number of hydrogen-bond acceptors (Lipinski definition) is 3. The second kappa shape index (κ2) is 5.67. The molecule has 4 nitrogen and oxygen atoms in total. The van der Waals surface area contributed by atoms with Crippen LogP contribution in [0.4, 0.5) is 0 Å². The van der Waals surface area contributed by atoms with E-state index in [1.807, 2.05) is 11.8 Å². The fraction of sp³-hybridized carbons (Fsp3) is 0.538. The number of carbonyl (C=O) groups excluding carboxylic acids is 1. The van der Waals surface area contributed by atoms with Crippen molar-refractivity contribution in [3.8, 4) is 0 Å².